The summed E-state index contributed by atoms with van der Waals surface area (Å²) in [7, 11) is -3.95. The van der Waals surface area contributed by atoms with Crippen molar-refractivity contribution < 1.29 is 22.4 Å². The molecule has 7 nitrogen and oxygen atoms in total. The molecule has 0 aromatic heterocycles. The summed E-state index contributed by atoms with van der Waals surface area (Å²) in [6.45, 7) is 2.95. The van der Waals surface area contributed by atoms with Gasteiger partial charge in [-0.05, 0) is 61.4 Å². The number of anilines is 1. The molecule has 27 heavy (non-hydrogen) atoms. The Bertz CT molecular complexity index is 923. The summed E-state index contributed by atoms with van der Waals surface area (Å²) in [5.74, 6) is -1.67. The molecule has 0 saturated carbocycles. The van der Waals surface area contributed by atoms with Gasteiger partial charge in [0.2, 0.25) is 21.8 Å². The summed E-state index contributed by atoms with van der Waals surface area (Å²) in [4.78, 5) is 23.5. The summed E-state index contributed by atoms with van der Waals surface area (Å²) in [6.07, 6.45) is 0. The minimum atomic E-state index is -3.95. The molecule has 0 unspecified atom stereocenters. The molecule has 2 aromatic carbocycles. The highest BCUT2D eigenvalue weighted by molar-refractivity contribution is 7.89. The van der Waals surface area contributed by atoms with E-state index in [1.165, 1.54) is 0 Å². The molecule has 0 heterocycles. The van der Waals surface area contributed by atoms with Gasteiger partial charge in [-0.2, -0.15) is 0 Å². The fourth-order valence-electron chi connectivity index (χ4n) is 2.35. The molecule has 9 heteroatoms. The number of amides is 2. The van der Waals surface area contributed by atoms with Gasteiger partial charge < -0.3 is 10.6 Å². The minimum absolute atomic E-state index is 0.163. The first-order valence-corrected chi connectivity index (χ1v) is 9.54. The normalized spacial score (nSPS) is 11.1. The number of rotatable bonds is 7. The molecule has 0 bridgehead atoms. The van der Waals surface area contributed by atoms with E-state index in [0.717, 1.165) is 35.4 Å². The van der Waals surface area contributed by atoms with E-state index in [9.17, 15) is 22.4 Å². The van der Waals surface area contributed by atoms with Crippen molar-refractivity contribution in [1.82, 2.24) is 10.0 Å². The van der Waals surface area contributed by atoms with Crippen LogP contribution in [0.5, 0.6) is 0 Å². The van der Waals surface area contributed by atoms with Gasteiger partial charge in [-0.1, -0.05) is 6.07 Å². The Hall–Kier alpha value is -2.78. The quantitative estimate of drug-likeness (QED) is 0.663. The highest BCUT2D eigenvalue weighted by Gasteiger charge is 2.16. The van der Waals surface area contributed by atoms with Crippen LogP contribution in [0.1, 0.15) is 11.1 Å². The lowest BCUT2D eigenvalue weighted by molar-refractivity contribution is -0.123. The molecule has 2 rings (SSSR count). The van der Waals surface area contributed by atoms with E-state index in [1.807, 2.05) is 19.9 Å². The van der Waals surface area contributed by atoms with Gasteiger partial charge in [0.1, 0.15) is 5.82 Å². The summed E-state index contributed by atoms with van der Waals surface area (Å²) in [5.41, 5.74) is 2.60. The molecule has 0 fully saturated rings. The third kappa shape index (κ3) is 6.46. The van der Waals surface area contributed by atoms with E-state index in [0.29, 0.717) is 5.69 Å². The topological polar surface area (TPSA) is 104 Å². The van der Waals surface area contributed by atoms with E-state index in [1.54, 1.807) is 12.1 Å². The van der Waals surface area contributed by atoms with Gasteiger partial charge in [0.05, 0.1) is 18.0 Å². The van der Waals surface area contributed by atoms with Gasteiger partial charge in [-0.25, -0.2) is 17.5 Å². The number of hydrogen-bond acceptors (Lipinski definition) is 4. The molecule has 0 radical (unpaired) electrons. The first kappa shape index (κ1) is 20.5. The van der Waals surface area contributed by atoms with Crippen molar-refractivity contribution in [2.75, 3.05) is 18.4 Å². The molecule has 0 aliphatic heterocycles. The fourth-order valence-corrected chi connectivity index (χ4v) is 3.33. The lowest BCUT2D eigenvalue weighted by atomic mass is 10.1. The van der Waals surface area contributed by atoms with Crippen LogP contribution < -0.4 is 15.4 Å². The van der Waals surface area contributed by atoms with E-state index in [2.05, 4.69) is 15.4 Å². The Morgan fingerprint density at radius 3 is 2.11 bits per heavy atom. The first-order chi connectivity index (χ1) is 12.7. The molecule has 144 valence electrons. The molecule has 2 amide bonds. The van der Waals surface area contributed by atoms with Crippen molar-refractivity contribution in [3.63, 3.8) is 0 Å². The summed E-state index contributed by atoms with van der Waals surface area (Å²) < 4.78 is 38.9. The van der Waals surface area contributed by atoms with Crippen LogP contribution in [0.3, 0.4) is 0 Å². The number of sulfonamides is 1. The number of benzene rings is 2. The molecule has 2 aromatic rings. The average Bonchev–Trinajstić information content (AvgIpc) is 2.57. The number of carbonyl (C=O) groups excluding carboxylic acids is 2. The summed E-state index contributed by atoms with van der Waals surface area (Å²) in [5, 5.41) is 4.98. The van der Waals surface area contributed by atoms with Crippen LogP contribution in [-0.2, 0) is 19.6 Å². The molecule has 0 aliphatic carbocycles. The van der Waals surface area contributed by atoms with Crippen LogP contribution in [0, 0.1) is 19.7 Å². The molecular weight excluding hydrogens is 373 g/mol. The number of halogens is 1. The van der Waals surface area contributed by atoms with Crippen LogP contribution in [0.15, 0.2) is 47.4 Å². The maximum Gasteiger partial charge on any atom is 0.243 e. The molecule has 0 aliphatic rings. The highest BCUT2D eigenvalue weighted by Crippen LogP contribution is 2.13. The van der Waals surface area contributed by atoms with Crippen LogP contribution in [0.4, 0.5) is 10.1 Å². The Labute approximate surface area is 157 Å². The van der Waals surface area contributed by atoms with Crippen molar-refractivity contribution in [3.05, 3.63) is 59.4 Å². The zero-order valence-corrected chi connectivity index (χ0v) is 15.7. The average molecular weight is 393 g/mol. The second kappa shape index (κ2) is 8.74. The van der Waals surface area contributed by atoms with Crippen LogP contribution in [0.2, 0.25) is 0 Å². The maximum absolute atomic E-state index is 12.8. The predicted octanol–water partition coefficient (Wildman–Crippen LogP) is 1.48. The van der Waals surface area contributed by atoms with Crippen molar-refractivity contribution in [2.24, 2.45) is 0 Å². The SMILES string of the molecule is Cc1cc(C)cc(NC(=O)CNC(=O)CNS(=O)(=O)c2ccc(F)cc2)c1. The van der Waals surface area contributed by atoms with Gasteiger partial charge in [0.15, 0.2) is 0 Å². The molecule has 0 atom stereocenters. The van der Waals surface area contributed by atoms with Gasteiger partial charge in [0, 0.05) is 5.69 Å². The molecule has 3 N–H and O–H groups in total. The van der Waals surface area contributed by atoms with Crippen LogP contribution >= 0.6 is 0 Å². The predicted molar refractivity (Wildman–Crippen MR) is 99.1 cm³/mol. The smallest absolute Gasteiger partial charge is 0.243 e. The number of nitrogens with one attached hydrogen (secondary N) is 3. The van der Waals surface area contributed by atoms with Crippen LogP contribution in [0.25, 0.3) is 0 Å². The van der Waals surface area contributed by atoms with E-state index >= 15 is 0 Å². The monoisotopic (exact) mass is 393 g/mol. The second-order valence-corrected chi connectivity index (χ2v) is 7.75. The third-order valence-corrected chi connectivity index (χ3v) is 4.92. The standard InChI is InChI=1S/C18H20FN3O4S/c1-12-7-13(2)9-15(8-12)22-18(24)10-20-17(23)11-21-27(25,26)16-5-3-14(19)4-6-16/h3-9,21H,10-11H2,1-2H3,(H,20,23)(H,22,24). The minimum Gasteiger partial charge on any atom is -0.346 e. The van der Waals surface area contributed by atoms with Gasteiger partial charge >= 0.3 is 0 Å². The Kier molecular flexibility index (Phi) is 6.65. The summed E-state index contributed by atoms with van der Waals surface area (Å²) in [6, 6.07) is 9.75. The third-order valence-electron chi connectivity index (χ3n) is 3.50. The van der Waals surface area contributed by atoms with Crippen molar-refractivity contribution in [1.29, 1.82) is 0 Å². The number of aryl methyl sites for hydroxylation is 2. The maximum atomic E-state index is 12.8. The van der Waals surface area contributed by atoms with Gasteiger partial charge in [0.25, 0.3) is 0 Å². The largest absolute Gasteiger partial charge is 0.346 e. The molecule has 0 spiro atoms. The lowest BCUT2D eigenvalue weighted by Gasteiger charge is -2.09. The van der Waals surface area contributed by atoms with E-state index < -0.39 is 34.2 Å². The fraction of sp³-hybridized carbons (Fsp3) is 0.222. The van der Waals surface area contributed by atoms with Crippen molar-refractivity contribution in [2.45, 2.75) is 18.7 Å². The second-order valence-electron chi connectivity index (χ2n) is 5.98. The number of hydrogen-bond donors (Lipinski definition) is 3. The van der Waals surface area contributed by atoms with Crippen molar-refractivity contribution in [3.8, 4) is 0 Å². The zero-order valence-electron chi connectivity index (χ0n) is 14.9. The Morgan fingerprint density at radius 1 is 0.926 bits per heavy atom. The van der Waals surface area contributed by atoms with Crippen molar-refractivity contribution >= 4 is 27.5 Å². The zero-order chi connectivity index (χ0) is 20.0. The molecular formula is C18H20FN3O4S. The Balaban J connectivity index is 1.81. The van der Waals surface area contributed by atoms with E-state index in [-0.39, 0.29) is 11.4 Å². The van der Waals surface area contributed by atoms with Gasteiger partial charge in [-0.15, -0.1) is 0 Å². The molecule has 0 saturated heterocycles. The van der Waals surface area contributed by atoms with Crippen LogP contribution in [-0.4, -0.2) is 33.3 Å². The Morgan fingerprint density at radius 2 is 1.52 bits per heavy atom. The van der Waals surface area contributed by atoms with Gasteiger partial charge in [-0.3, -0.25) is 9.59 Å². The van der Waals surface area contributed by atoms with E-state index in [4.69, 9.17) is 0 Å². The number of carbonyl (C=O) groups is 2. The lowest BCUT2D eigenvalue weighted by Crippen LogP contribution is -2.40. The highest BCUT2D eigenvalue weighted by atomic mass is 32.2. The first-order valence-electron chi connectivity index (χ1n) is 8.06. The summed E-state index contributed by atoms with van der Waals surface area (Å²) >= 11 is 0.